The number of piperazine rings is 1. The fourth-order valence-corrected chi connectivity index (χ4v) is 3.35. The van der Waals surface area contributed by atoms with Gasteiger partial charge in [-0.25, -0.2) is 0 Å². The molecular formula is C17H32BN3O5. The maximum atomic E-state index is 12.5. The Morgan fingerprint density at radius 2 is 1.88 bits per heavy atom. The third-order valence-corrected chi connectivity index (χ3v) is 4.94. The third kappa shape index (κ3) is 5.90. The Labute approximate surface area is 158 Å². The maximum absolute atomic E-state index is 12.5. The predicted octanol–water partition coefficient (Wildman–Crippen LogP) is -1.37. The van der Waals surface area contributed by atoms with E-state index in [1.54, 1.807) is 14.2 Å². The Morgan fingerprint density at radius 3 is 2.46 bits per heavy atom. The monoisotopic (exact) mass is 369 g/mol. The lowest BCUT2D eigenvalue weighted by molar-refractivity contribution is -0.142. The van der Waals surface area contributed by atoms with E-state index in [2.05, 4.69) is 23.9 Å². The highest BCUT2D eigenvalue weighted by molar-refractivity contribution is 6.11. The van der Waals surface area contributed by atoms with Crippen molar-refractivity contribution in [2.45, 2.75) is 24.3 Å². The molecule has 1 amide bonds. The summed E-state index contributed by atoms with van der Waals surface area (Å²) in [5, 5.41) is 0. The largest absolute Gasteiger partial charge is 0.382 e. The third-order valence-electron chi connectivity index (χ3n) is 4.94. The summed E-state index contributed by atoms with van der Waals surface area (Å²) in [7, 11) is 13.3. The fraction of sp³-hybridized carbons (Fsp3) is 0.941. The van der Waals surface area contributed by atoms with Gasteiger partial charge in [0.2, 0.25) is 5.91 Å². The molecule has 0 bridgehead atoms. The maximum Gasteiger partial charge on any atom is 0.248 e. The summed E-state index contributed by atoms with van der Waals surface area (Å²) in [6.45, 7) is 5.64. The van der Waals surface area contributed by atoms with Crippen molar-refractivity contribution in [1.82, 2.24) is 14.7 Å². The van der Waals surface area contributed by atoms with Crippen LogP contribution < -0.4 is 0 Å². The quantitative estimate of drug-likeness (QED) is 0.465. The van der Waals surface area contributed by atoms with Crippen molar-refractivity contribution in [3.8, 4) is 0 Å². The molecule has 0 aliphatic carbocycles. The van der Waals surface area contributed by atoms with Gasteiger partial charge in [0.15, 0.2) is 0 Å². The lowest BCUT2D eigenvalue weighted by atomic mass is 9.93. The van der Waals surface area contributed by atoms with Gasteiger partial charge < -0.3 is 28.7 Å². The van der Waals surface area contributed by atoms with E-state index in [0.717, 1.165) is 39.3 Å². The van der Waals surface area contributed by atoms with Crippen LogP contribution in [0.5, 0.6) is 0 Å². The topological polar surface area (TPSA) is 63.7 Å². The summed E-state index contributed by atoms with van der Waals surface area (Å²) in [5.41, 5.74) is 0. The molecule has 0 aromatic rings. The summed E-state index contributed by atoms with van der Waals surface area (Å²) < 4.78 is 22.0. The Balaban J connectivity index is 1.75. The van der Waals surface area contributed by atoms with Crippen molar-refractivity contribution < 1.29 is 23.7 Å². The summed E-state index contributed by atoms with van der Waals surface area (Å²) in [6, 6.07) is -0.629. The standard InChI is InChI=1S/C17H32BN3O5/c1-19(2)5-6-20-7-9-21(10-8-20)14(22)12-25-16-15(24-4)13(11-23-3)26-17(16)18/h13,15-17H,5-12H2,1-4H3/t13-,15?,16+,17-/m1/s1. The van der Waals surface area contributed by atoms with Crippen molar-refractivity contribution in [3.63, 3.8) is 0 Å². The number of carbonyl (C=O) groups excluding carboxylic acids is 1. The second-order valence-electron chi connectivity index (χ2n) is 7.10. The van der Waals surface area contributed by atoms with Crippen molar-refractivity contribution in [2.75, 3.05) is 80.8 Å². The molecule has 2 aliphatic rings. The summed E-state index contributed by atoms with van der Waals surface area (Å²) >= 11 is 0. The van der Waals surface area contributed by atoms with Gasteiger partial charge in [-0.3, -0.25) is 9.69 Å². The molecule has 0 aromatic heterocycles. The van der Waals surface area contributed by atoms with Gasteiger partial charge in [-0.15, -0.1) is 0 Å². The van der Waals surface area contributed by atoms with Gasteiger partial charge in [0.25, 0.3) is 0 Å². The number of rotatable bonds is 9. The molecule has 2 saturated heterocycles. The molecule has 2 heterocycles. The van der Waals surface area contributed by atoms with Crippen LogP contribution in [0, 0.1) is 0 Å². The van der Waals surface area contributed by atoms with E-state index in [-0.39, 0.29) is 24.7 Å². The minimum absolute atomic E-state index is 0.0149. The van der Waals surface area contributed by atoms with Crippen molar-refractivity contribution in [3.05, 3.63) is 0 Å². The number of ether oxygens (including phenoxy) is 4. The van der Waals surface area contributed by atoms with Crippen LogP contribution >= 0.6 is 0 Å². The molecule has 0 aromatic carbocycles. The lowest BCUT2D eigenvalue weighted by Gasteiger charge is -2.35. The van der Waals surface area contributed by atoms with E-state index in [1.807, 2.05) is 4.90 Å². The summed E-state index contributed by atoms with van der Waals surface area (Å²) in [4.78, 5) is 18.9. The van der Waals surface area contributed by atoms with Crippen LogP contribution in [0.2, 0.25) is 0 Å². The van der Waals surface area contributed by atoms with Crippen molar-refractivity contribution >= 4 is 13.8 Å². The second kappa shape index (κ2) is 10.6. The minimum atomic E-state index is -0.629. The highest BCUT2D eigenvalue weighted by atomic mass is 16.6. The molecule has 0 saturated carbocycles. The van der Waals surface area contributed by atoms with Gasteiger partial charge in [0.05, 0.1) is 6.61 Å². The number of hydrogen-bond donors (Lipinski definition) is 0. The van der Waals surface area contributed by atoms with E-state index in [0.29, 0.717) is 6.61 Å². The zero-order valence-corrected chi connectivity index (χ0v) is 16.4. The molecule has 2 fully saturated rings. The van der Waals surface area contributed by atoms with Crippen LogP contribution in [0.1, 0.15) is 0 Å². The van der Waals surface area contributed by atoms with Gasteiger partial charge in [0, 0.05) is 59.5 Å². The number of amides is 1. The van der Waals surface area contributed by atoms with E-state index in [9.17, 15) is 4.79 Å². The molecule has 1 unspecified atom stereocenters. The van der Waals surface area contributed by atoms with Crippen LogP contribution in [0.4, 0.5) is 0 Å². The van der Waals surface area contributed by atoms with Gasteiger partial charge in [-0.1, -0.05) is 0 Å². The molecule has 0 N–H and O–H groups in total. The van der Waals surface area contributed by atoms with Crippen LogP contribution in [-0.4, -0.2) is 134 Å². The van der Waals surface area contributed by atoms with Gasteiger partial charge >= 0.3 is 0 Å². The number of nitrogens with zero attached hydrogens (tertiary/aromatic N) is 3. The lowest BCUT2D eigenvalue weighted by Crippen LogP contribution is -2.51. The van der Waals surface area contributed by atoms with Gasteiger partial charge in [0.1, 0.15) is 32.8 Å². The Hall–Kier alpha value is -0.705. The SMILES string of the molecule is [B][C@@H]1O[C@H](COC)C(OC)[C@@H]1OCC(=O)N1CCN(CCN(C)C)CC1. The first-order valence-electron chi connectivity index (χ1n) is 9.15. The minimum Gasteiger partial charge on any atom is -0.382 e. The van der Waals surface area contributed by atoms with Crippen LogP contribution in [0.15, 0.2) is 0 Å². The Bertz CT molecular complexity index is 435. The highest BCUT2D eigenvalue weighted by Crippen LogP contribution is 2.25. The smallest absolute Gasteiger partial charge is 0.248 e. The van der Waals surface area contributed by atoms with Crippen molar-refractivity contribution in [1.29, 1.82) is 0 Å². The number of likely N-dealkylation sites (N-methyl/N-ethyl adjacent to an activating group) is 1. The molecule has 8 nitrogen and oxygen atoms in total. The summed E-state index contributed by atoms with van der Waals surface area (Å²) in [5.74, 6) is -0.0190. The summed E-state index contributed by atoms with van der Waals surface area (Å²) in [6.07, 6.45) is -1.12. The molecule has 2 radical (unpaired) electrons. The first kappa shape index (κ1) is 21.6. The van der Waals surface area contributed by atoms with Crippen LogP contribution in [-0.2, 0) is 23.7 Å². The molecule has 2 rings (SSSR count). The molecule has 0 spiro atoms. The number of methoxy groups -OCH3 is 2. The zero-order valence-electron chi connectivity index (χ0n) is 16.4. The first-order valence-corrected chi connectivity index (χ1v) is 9.15. The second-order valence-corrected chi connectivity index (χ2v) is 7.10. The first-order chi connectivity index (χ1) is 12.5. The number of hydrogen-bond acceptors (Lipinski definition) is 7. The van der Waals surface area contributed by atoms with Crippen molar-refractivity contribution in [2.24, 2.45) is 0 Å². The molecule has 4 atom stereocenters. The molecule has 9 heteroatoms. The van der Waals surface area contributed by atoms with E-state index in [1.165, 1.54) is 0 Å². The van der Waals surface area contributed by atoms with E-state index >= 15 is 0 Å². The number of carbonyl (C=O) groups is 1. The Kier molecular flexibility index (Phi) is 8.79. The molecule has 26 heavy (non-hydrogen) atoms. The normalized spacial score (nSPS) is 30.3. The fourth-order valence-electron chi connectivity index (χ4n) is 3.35. The predicted molar refractivity (Wildman–Crippen MR) is 98.4 cm³/mol. The Morgan fingerprint density at radius 1 is 1.19 bits per heavy atom. The zero-order chi connectivity index (χ0) is 19.1. The highest BCUT2D eigenvalue weighted by Gasteiger charge is 2.43. The van der Waals surface area contributed by atoms with E-state index in [4.69, 9.17) is 26.8 Å². The van der Waals surface area contributed by atoms with Crippen LogP contribution in [0.3, 0.4) is 0 Å². The van der Waals surface area contributed by atoms with E-state index < -0.39 is 12.1 Å². The van der Waals surface area contributed by atoms with Crippen LogP contribution in [0.25, 0.3) is 0 Å². The van der Waals surface area contributed by atoms with Gasteiger partial charge in [-0.2, -0.15) is 0 Å². The average molecular weight is 369 g/mol. The molecule has 2 aliphatic heterocycles. The van der Waals surface area contributed by atoms with Gasteiger partial charge in [-0.05, 0) is 14.1 Å². The molecular weight excluding hydrogens is 337 g/mol. The average Bonchev–Trinajstić information content (AvgIpc) is 2.93. The molecule has 148 valence electrons.